The highest BCUT2D eigenvalue weighted by atomic mass is 32.1. The summed E-state index contributed by atoms with van der Waals surface area (Å²) in [5.74, 6) is 0.873. The highest BCUT2D eigenvalue weighted by Crippen LogP contribution is 2.29. The molecule has 0 spiro atoms. The first-order chi connectivity index (χ1) is 10.2. The van der Waals surface area contributed by atoms with Gasteiger partial charge in [0.1, 0.15) is 12.4 Å². The minimum Gasteiger partial charge on any atom is -0.492 e. The smallest absolute Gasteiger partial charge is 0.119 e. The number of hydrogen-bond acceptors (Lipinski definition) is 5. The first-order valence-corrected chi connectivity index (χ1v) is 7.62. The van der Waals surface area contributed by atoms with Gasteiger partial charge in [-0.15, -0.1) is 11.3 Å². The number of nitrogen functional groups attached to an aromatic ring is 1. The average Bonchev–Trinajstić information content (AvgIpc) is 2.83. The lowest BCUT2D eigenvalue weighted by Crippen LogP contribution is -2.12. The van der Waals surface area contributed by atoms with Crippen molar-refractivity contribution in [3.8, 4) is 5.75 Å². The maximum atomic E-state index is 6.06. The highest BCUT2D eigenvalue weighted by molar-refractivity contribution is 7.18. The predicted molar refractivity (Wildman–Crippen MR) is 89.2 cm³/mol. The number of rotatable bonds is 5. The van der Waals surface area contributed by atoms with Crippen LogP contribution in [-0.2, 0) is 0 Å². The Kier molecular flexibility index (Phi) is 3.92. The Balaban J connectivity index is 1.61. The number of para-hydroxylation sites is 1. The van der Waals surface area contributed by atoms with E-state index in [1.54, 1.807) is 11.3 Å². The molecule has 0 aliphatic carbocycles. The summed E-state index contributed by atoms with van der Waals surface area (Å²) in [6.07, 6.45) is 0. The van der Waals surface area contributed by atoms with Gasteiger partial charge in [0, 0.05) is 6.54 Å². The largest absolute Gasteiger partial charge is 0.492 e. The van der Waals surface area contributed by atoms with E-state index in [0.717, 1.165) is 32.3 Å². The maximum Gasteiger partial charge on any atom is 0.119 e. The van der Waals surface area contributed by atoms with E-state index in [2.05, 4.69) is 10.3 Å². The lowest BCUT2D eigenvalue weighted by molar-refractivity contribution is 0.333. The molecule has 0 unspecified atom stereocenters. The van der Waals surface area contributed by atoms with Crippen LogP contribution in [0.1, 0.15) is 5.01 Å². The number of anilines is 2. The molecule has 4 nitrogen and oxygen atoms in total. The third-order valence-electron chi connectivity index (χ3n) is 3.10. The van der Waals surface area contributed by atoms with Crippen LogP contribution >= 0.6 is 11.3 Å². The highest BCUT2D eigenvalue weighted by Gasteiger charge is 2.05. The molecular formula is C16H17N3OS. The fourth-order valence-electron chi connectivity index (χ4n) is 2.13. The van der Waals surface area contributed by atoms with Crippen LogP contribution in [0.4, 0.5) is 11.4 Å². The summed E-state index contributed by atoms with van der Waals surface area (Å²) in [4.78, 5) is 4.48. The van der Waals surface area contributed by atoms with E-state index < -0.39 is 0 Å². The molecule has 0 amide bonds. The van der Waals surface area contributed by atoms with E-state index in [9.17, 15) is 0 Å². The van der Waals surface area contributed by atoms with Crippen molar-refractivity contribution in [1.29, 1.82) is 0 Å². The molecule has 21 heavy (non-hydrogen) atoms. The van der Waals surface area contributed by atoms with Crippen LogP contribution in [0.3, 0.4) is 0 Å². The summed E-state index contributed by atoms with van der Waals surface area (Å²) in [5, 5.41) is 4.35. The van der Waals surface area contributed by atoms with Gasteiger partial charge < -0.3 is 15.8 Å². The summed E-state index contributed by atoms with van der Waals surface area (Å²) in [6.45, 7) is 3.27. The van der Waals surface area contributed by atoms with E-state index in [1.807, 2.05) is 49.4 Å². The number of thiazole rings is 1. The summed E-state index contributed by atoms with van der Waals surface area (Å²) in [6, 6.07) is 13.7. The first-order valence-electron chi connectivity index (χ1n) is 6.81. The van der Waals surface area contributed by atoms with Crippen LogP contribution in [0.5, 0.6) is 5.75 Å². The number of aryl methyl sites for hydroxylation is 1. The van der Waals surface area contributed by atoms with Gasteiger partial charge in [-0.1, -0.05) is 18.2 Å². The maximum absolute atomic E-state index is 6.06. The summed E-state index contributed by atoms with van der Waals surface area (Å²) in [7, 11) is 0. The molecule has 1 aromatic heterocycles. The zero-order valence-corrected chi connectivity index (χ0v) is 12.6. The second-order valence-electron chi connectivity index (χ2n) is 4.73. The van der Waals surface area contributed by atoms with Gasteiger partial charge in [-0.25, -0.2) is 4.98 Å². The summed E-state index contributed by atoms with van der Waals surface area (Å²) < 4.78 is 6.76. The molecule has 5 heteroatoms. The SMILES string of the molecule is Cc1nc2cc(NCCOc3ccccc3)c(N)cc2s1. The molecule has 2 aromatic carbocycles. The Bertz CT molecular complexity index is 740. The van der Waals surface area contributed by atoms with Crippen molar-refractivity contribution in [2.24, 2.45) is 0 Å². The number of nitrogens with one attached hydrogen (secondary N) is 1. The fourth-order valence-corrected chi connectivity index (χ4v) is 2.99. The van der Waals surface area contributed by atoms with Crippen LogP contribution in [0.2, 0.25) is 0 Å². The fraction of sp³-hybridized carbons (Fsp3) is 0.188. The van der Waals surface area contributed by atoms with Crippen LogP contribution in [-0.4, -0.2) is 18.1 Å². The van der Waals surface area contributed by atoms with E-state index in [1.165, 1.54) is 0 Å². The second-order valence-corrected chi connectivity index (χ2v) is 5.96. The van der Waals surface area contributed by atoms with Gasteiger partial charge in [0.15, 0.2) is 0 Å². The molecule has 3 aromatic rings. The molecule has 0 aliphatic rings. The van der Waals surface area contributed by atoms with Crippen molar-refractivity contribution in [3.63, 3.8) is 0 Å². The zero-order valence-electron chi connectivity index (χ0n) is 11.8. The van der Waals surface area contributed by atoms with Gasteiger partial charge >= 0.3 is 0 Å². The lowest BCUT2D eigenvalue weighted by atomic mass is 10.2. The van der Waals surface area contributed by atoms with E-state index in [4.69, 9.17) is 10.5 Å². The average molecular weight is 299 g/mol. The first kappa shape index (κ1) is 13.7. The van der Waals surface area contributed by atoms with E-state index in [-0.39, 0.29) is 0 Å². The van der Waals surface area contributed by atoms with Gasteiger partial charge in [-0.3, -0.25) is 0 Å². The van der Waals surface area contributed by atoms with Crippen molar-refractivity contribution in [1.82, 2.24) is 4.98 Å². The summed E-state index contributed by atoms with van der Waals surface area (Å²) >= 11 is 1.66. The number of fused-ring (bicyclic) bond motifs is 1. The monoisotopic (exact) mass is 299 g/mol. The molecule has 0 atom stereocenters. The molecule has 0 fully saturated rings. The van der Waals surface area contributed by atoms with Crippen molar-refractivity contribution in [3.05, 3.63) is 47.5 Å². The molecule has 0 bridgehead atoms. The number of hydrogen-bond donors (Lipinski definition) is 2. The standard InChI is InChI=1S/C16H17N3OS/c1-11-19-15-10-14(13(17)9-16(15)21-11)18-7-8-20-12-5-3-2-4-6-12/h2-6,9-10,18H,7-8,17H2,1H3. The molecule has 0 saturated heterocycles. The van der Waals surface area contributed by atoms with E-state index in [0.29, 0.717) is 13.2 Å². The molecule has 108 valence electrons. The molecule has 3 rings (SSSR count). The molecule has 3 N–H and O–H groups in total. The minimum atomic E-state index is 0.581. The number of ether oxygens (including phenoxy) is 1. The van der Waals surface area contributed by atoms with Crippen molar-refractivity contribution < 1.29 is 4.74 Å². The normalized spacial score (nSPS) is 10.7. The van der Waals surface area contributed by atoms with Crippen molar-refractivity contribution >= 4 is 32.9 Å². The Labute approximate surface area is 127 Å². The molecule has 1 heterocycles. The number of nitrogens with zero attached hydrogens (tertiary/aromatic N) is 1. The van der Waals surface area contributed by atoms with Crippen LogP contribution in [0.15, 0.2) is 42.5 Å². The number of benzene rings is 2. The number of nitrogens with two attached hydrogens (primary N) is 1. The molecular weight excluding hydrogens is 282 g/mol. The molecule has 0 aliphatic heterocycles. The van der Waals surface area contributed by atoms with Crippen LogP contribution in [0, 0.1) is 6.92 Å². The van der Waals surface area contributed by atoms with Gasteiger partial charge in [-0.2, -0.15) is 0 Å². The van der Waals surface area contributed by atoms with Crippen LogP contribution < -0.4 is 15.8 Å². The Morgan fingerprint density at radius 3 is 2.86 bits per heavy atom. The van der Waals surface area contributed by atoms with E-state index >= 15 is 0 Å². The van der Waals surface area contributed by atoms with Crippen LogP contribution in [0.25, 0.3) is 10.2 Å². The molecule has 0 radical (unpaired) electrons. The second kappa shape index (κ2) is 6.01. The lowest BCUT2D eigenvalue weighted by Gasteiger charge is -2.10. The van der Waals surface area contributed by atoms with Crippen molar-refractivity contribution in [2.75, 3.05) is 24.2 Å². The minimum absolute atomic E-state index is 0.581. The summed E-state index contributed by atoms with van der Waals surface area (Å²) in [5.41, 5.74) is 8.70. The quantitative estimate of drug-likeness (QED) is 0.557. The third kappa shape index (κ3) is 3.25. The predicted octanol–water partition coefficient (Wildman–Crippen LogP) is 3.68. The topological polar surface area (TPSA) is 60.2 Å². The third-order valence-corrected chi connectivity index (χ3v) is 4.03. The van der Waals surface area contributed by atoms with Gasteiger partial charge in [0.05, 0.1) is 26.6 Å². The van der Waals surface area contributed by atoms with Gasteiger partial charge in [0.25, 0.3) is 0 Å². The van der Waals surface area contributed by atoms with Gasteiger partial charge in [0.2, 0.25) is 0 Å². The van der Waals surface area contributed by atoms with Crippen molar-refractivity contribution in [2.45, 2.75) is 6.92 Å². The zero-order chi connectivity index (χ0) is 14.7. The molecule has 0 saturated carbocycles. The Morgan fingerprint density at radius 2 is 2.05 bits per heavy atom. The van der Waals surface area contributed by atoms with Gasteiger partial charge in [-0.05, 0) is 31.2 Å². The Hall–Kier alpha value is -2.27. The Morgan fingerprint density at radius 1 is 1.24 bits per heavy atom. The number of aromatic nitrogens is 1.